The minimum absolute atomic E-state index is 0.0129. The predicted molar refractivity (Wildman–Crippen MR) is 83.7 cm³/mol. The molecule has 2 unspecified atom stereocenters. The standard InChI is InChI=1S/C14H19BrN2O2S/c1-8(2)12-13(18)16-9(3)14(19)17(12)7-6-10-4-5-11(15)20-10/h4-5,8-9,12H,6-7H2,1-3H3,(H,16,18). The fourth-order valence-corrected chi connectivity index (χ4v) is 3.99. The Hall–Kier alpha value is -0.880. The number of hydrogen-bond donors (Lipinski definition) is 1. The molecular weight excluding hydrogens is 340 g/mol. The van der Waals surface area contributed by atoms with E-state index in [9.17, 15) is 9.59 Å². The monoisotopic (exact) mass is 358 g/mol. The van der Waals surface area contributed by atoms with Gasteiger partial charge in [0.25, 0.3) is 0 Å². The van der Waals surface area contributed by atoms with Gasteiger partial charge in [0.15, 0.2) is 0 Å². The minimum Gasteiger partial charge on any atom is -0.343 e. The Labute approximate surface area is 131 Å². The van der Waals surface area contributed by atoms with Crippen LogP contribution in [0.4, 0.5) is 0 Å². The molecule has 0 bridgehead atoms. The van der Waals surface area contributed by atoms with Crippen molar-refractivity contribution in [2.75, 3.05) is 6.54 Å². The molecule has 1 fully saturated rings. The Bertz CT molecular complexity index is 515. The first kappa shape index (κ1) is 15.5. The lowest BCUT2D eigenvalue weighted by Gasteiger charge is -2.39. The number of nitrogens with zero attached hydrogens (tertiary/aromatic N) is 1. The summed E-state index contributed by atoms with van der Waals surface area (Å²) in [6, 6.07) is 3.28. The fraction of sp³-hybridized carbons (Fsp3) is 0.571. The van der Waals surface area contributed by atoms with Crippen LogP contribution >= 0.6 is 27.3 Å². The van der Waals surface area contributed by atoms with E-state index in [1.165, 1.54) is 4.88 Å². The number of rotatable bonds is 4. The lowest BCUT2D eigenvalue weighted by atomic mass is 9.97. The summed E-state index contributed by atoms with van der Waals surface area (Å²) in [5.41, 5.74) is 0. The highest BCUT2D eigenvalue weighted by Crippen LogP contribution is 2.24. The van der Waals surface area contributed by atoms with Crippen LogP contribution in [0, 0.1) is 5.92 Å². The van der Waals surface area contributed by atoms with Crippen LogP contribution in [0.3, 0.4) is 0 Å². The lowest BCUT2D eigenvalue weighted by molar-refractivity contribution is -0.150. The fourth-order valence-electron chi connectivity index (χ4n) is 2.52. The quantitative estimate of drug-likeness (QED) is 0.898. The van der Waals surface area contributed by atoms with Crippen molar-refractivity contribution < 1.29 is 9.59 Å². The molecule has 0 saturated carbocycles. The minimum atomic E-state index is -0.424. The van der Waals surface area contributed by atoms with Crippen LogP contribution in [0.1, 0.15) is 25.6 Å². The van der Waals surface area contributed by atoms with Crippen molar-refractivity contribution in [1.82, 2.24) is 10.2 Å². The van der Waals surface area contributed by atoms with Gasteiger partial charge in [-0.25, -0.2) is 0 Å². The maximum absolute atomic E-state index is 12.3. The van der Waals surface area contributed by atoms with Gasteiger partial charge in [0, 0.05) is 11.4 Å². The molecule has 20 heavy (non-hydrogen) atoms. The number of halogens is 1. The van der Waals surface area contributed by atoms with Gasteiger partial charge in [-0.2, -0.15) is 0 Å². The molecule has 1 aliphatic rings. The molecular formula is C14H19BrN2O2S. The van der Waals surface area contributed by atoms with Crippen LogP contribution in [0.5, 0.6) is 0 Å². The first-order valence-electron chi connectivity index (χ1n) is 6.75. The molecule has 1 aromatic heterocycles. The summed E-state index contributed by atoms with van der Waals surface area (Å²) in [5, 5.41) is 2.76. The molecule has 2 rings (SSSR count). The van der Waals surface area contributed by atoms with Crippen molar-refractivity contribution >= 4 is 39.1 Å². The van der Waals surface area contributed by atoms with E-state index in [4.69, 9.17) is 0 Å². The molecule has 1 aromatic rings. The van der Waals surface area contributed by atoms with Crippen molar-refractivity contribution in [2.24, 2.45) is 5.92 Å². The lowest BCUT2D eigenvalue weighted by Crippen LogP contribution is -2.64. The van der Waals surface area contributed by atoms with E-state index in [1.807, 2.05) is 19.9 Å². The predicted octanol–water partition coefficient (Wildman–Crippen LogP) is 2.42. The van der Waals surface area contributed by atoms with Crippen molar-refractivity contribution in [1.29, 1.82) is 0 Å². The molecule has 2 amide bonds. The molecule has 110 valence electrons. The summed E-state index contributed by atoms with van der Waals surface area (Å²) < 4.78 is 1.09. The van der Waals surface area contributed by atoms with Crippen LogP contribution < -0.4 is 5.32 Å². The molecule has 0 aromatic carbocycles. The SMILES string of the molecule is CC1NC(=O)C(C(C)C)N(CCc2ccc(Br)s2)C1=O. The Kier molecular flexibility index (Phi) is 4.86. The van der Waals surface area contributed by atoms with E-state index in [1.54, 1.807) is 23.2 Å². The van der Waals surface area contributed by atoms with Crippen LogP contribution in [-0.4, -0.2) is 35.3 Å². The van der Waals surface area contributed by atoms with E-state index in [2.05, 4.69) is 27.3 Å². The number of hydrogen-bond acceptors (Lipinski definition) is 3. The van der Waals surface area contributed by atoms with E-state index < -0.39 is 6.04 Å². The van der Waals surface area contributed by atoms with Gasteiger partial charge in [-0.1, -0.05) is 13.8 Å². The van der Waals surface area contributed by atoms with Crippen molar-refractivity contribution in [3.8, 4) is 0 Å². The van der Waals surface area contributed by atoms with Gasteiger partial charge in [-0.15, -0.1) is 11.3 Å². The molecule has 1 aliphatic heterocycles. The zero-order valence-electron chi connectivity index (χ0n) is 11.9. The first-order valence-corrected chi connectivity index (χ1v) is 8.36. The van der Waals surface area contributed by atoms with Crippen molar-refractivity contribution in [3.63, 3.8) is 0 Å². The maximum Gasteiger partial charge on any atom is 0.245 e. The smallest absolute Gasteiger partial charge is 0.245 e. The highest BCUT2D eigenvalue weighted by Gasteiger charge is 2.39. The third-order valence-electron chi connectivity index (χ3n) is 3.48. The zero-order valence-corrected chi connectivity index (χ0v) is 14.3. The van der Waals surface area contributed by atoms with Crippen LogP contribution in [0.15, 0.2) is 15.9 Å². The van der Waals surface area contributed by atoms with E-state index in [-0.39, 0.29) is 23.8 Å². The third-order valence-corrected chi connectivity index (χ3v) is 5.16. The molecule has 2 heterocycles. The van der Waals surface area contributed by atoms with Crippen LogP contribution in [-0.2, 0) is 16.0 Å². The average Bonchev–Trinajstić information content (AvgIpc) is 2.77. The van der Waals surface area contributed by atoms with E-state index in [0.29, 0.717) is 6.54 Å². The summed E-state index contributed by atoms with van der Waals surface area (Å²) >= 11 is 5.10. The van der Waals surface area contributed by atoms with Crippen LogP contribution in [0.2, 0.25) is 0 Å². The highest BCUT2D eigenvalue weighted by atomic mass is 79.9. The normalized spacial score (nSPS) is 23.4. The van der Waals surface area contributed by atoms with E-state index >= 15 is 0 Å². The zero-order chi connectivity index (χ0) is 14.9. The molecule has 2 atom stereocenters. The molecule has 4 nitrogen and oxygen atoms in total. The number of carbonyl (C=O) groups is 2. The van der Waals surface area contributed by atoms with Crippen LogP contribution in [0.25, 0.3) is 0 Å². The first-order chi connectivity index (χ1) is 9.40. The number of thiophene rings is 1. The largest absolute Gasteiger partial charge is 0.343 e. The summed E-state index contributed by atoms with van der Waals surface area (Å²) in [4.78, 5) is 27.4. The second kappa shape index (κ2) is 6.26. The van der Waals surface area contributed by atoms with Gasteiger partial charge >= 0.3 is 0 Å². The molecule has 6 heteroatoms. The summed E-state index contributed by atoms with van der Waals surface area (Å²) in [6.07, 6.45) is 0.783. The Morgan fingerprint density at radius 2 is 2.10 bits per heavy atom. The molecule has 0 aliphatic carbocycles. The summed E-state index contributed by atoms with van der Waals surface area (Å²) in [5.74, 6) is 0.0832. The third kappa shape index (κ3) is 3.23. The molecule has 1 saturated heterocycles. The van der Waals surface area contributed by atoms with Gasteiger partial charge in [0.1, 0.15) is 12.1 Å². The Morgan fingerprint density at radius 1 is 1.40 bits per heavy atom. The number of piperazine rings is 1. The van der Waals surface area contributed by atoms with Gasteiger partial charge in [0.05, 0.1) is 3.79 Å². The summed E-state index contributed by atoms with van der Waals surface area (Å²) in [6.45, 7) is 6.28. The van der Waals surface area contributed by atoms with Crippen molar-refractivity contribution in [3.05, 3.63) is 20.8 Å². The Balaban J connectivity index is 2.11. The van der Waals surface area contributed by atoms with E-state index in [0.717, 1.165) is 10.2 Å². The average molecular weight is 359 g/mol. The summed E-state index contributed by atoms with van der Waals surface area (Å²) in [7, 11) is 0. The molecule has 0 spiro atoms. The van der Waals surface area contributed by atoms with Gasteiger partial charge in [-0.05, 0) is 47.3 Å². The van der Waals surface area contributed by atoms with Gasteiger partial charge in [0.2, 0.25) is 11.8 Å². The molecule has 0 radical (unpaired) electrons. The molecule has 1 N–H and O–H groups in total. The number of nitrogens with one attached hydrogen (secondary N) is 1. The topological polar surface area (TPSA) is 49.4 Å². The van der Waals surface area contributed by atoms with Gasteiger partial charge in [-0.3, -0.25) is 9.59 Å². The number of amides is 2. The second-order valence-electron chi connectivity index (χ2n) is 5.41. The Morgan fingerprint density at radius 3 is 2.65 bits per heavy atom. The highest BCUT2D eigenvalue weighted by molar-refractivity contribution is 9.11. The number of carbonyl (C=O) groups excluding carboxylic acids is 2. The maximum atomic E-state index is 12.3. The second-order valence-corrected chi connectivity index (χ2v) is 7.95. The van der Waals surface area contributed by atoms with Crippen molar-refractivity contribution in [2.45, 2.75) is 39.3 Å². The van der Waals surface area contributed by atoms with Gasteiger partial charge < -0.3 is 10.2 Å².